The van der Waals surface area contributed by atoms with Crippen LogP contribution < -0.4 is 0 Å². The van der Waals surface area contributed by atoms with E-state index in [1.165, 1.54) is 0 Å². The molecule has 4 heteroatoms. The molecule has 1 aromatic carbocycles. The summed E-state index contributed by atoms with van der Waals surface area (Å²) in [4.78, 5) is 0. The predicted molar refractivity (Wildman–Crippen MR) is 56.7 cm³/mol. The third-order valence-electron chi connectivity index (χ3n) is 2.27. The molecule has 78 valence electrons. The molecule has 1 N–H and O–H groups in total. The van der Waals surface area contributed by atoms with Gasteiger partial charge in [0, 0.05) is 12.1 Å². The Morgan fingerprint density at radius 3 is 2.40 bits per heavy atom. The number of para-hydroxylation sites is 1. The van der Waals surface area contributed by atoms with Crippen LogP contribution in [0.5, 0.6) is 0 Å². The van der Waals surface area contributed by atoms with Gasteiger partial charge in [-0.3, -0.25) is 4.57 Å². The fourth-order valence-corrected chi connectivity index (χ4v) is 1.56. The number of hydrogen-bond acceptors (Lipinski definition) is 3. The van der Waals surface area contributed by atoms with Crippen molar-refractivity contribution in [3.8, 4) is 5.69 Å². The van der Waals surface area contributed by atoms with Crippen molar-refractivity contribution in [2.45, 2.75) is 20.0 Å². The summed E-state index contributed by atoms with van der Waals surface area (Å²) in [6.07, 6.45) is 0.794. The van der Waals surface area contributed by atoms with E-state index in [1.807, 2.05) is 41.8 Å². The van der Waals surface area contributed by atoms with Crippen molar-refractivity contribution in [3.05, 3.63) is 42.0 Å². The molecule has 0 unspecified atom stereocenters. The number of aryl methyl sites for hydroxylation is 1. The zero-order chi connectivity index (χ0) is 10.7. The molecule has 15 heavy (non-hydrogen) atoms. The lowest BCUT2D eigenvalue weighted by Crippen LogP contribution is -2.04. The van der Waals surface area contributed by atoms with E-state index in [0.29, 0.717) is 5.82 Å². The van der Waals surface area contributed by atoms with Gasteiger partial charge in [0.25, 0.3) is 0 Å². The zero-order valence-corrected chi connectivity index (χ0v) is 8.59. The number of aliphatic hydroxyl groups excluding tert-OH is 1. The molecule has 4 nitrogen and oxygen atoms in total. The minimum absolute atomic E-state index is 0.0953. The van der Waals surface area contributed by atoms with Gasteiger partial charge in [-0.05, 0) is 12.1 Å². The van der Waals surface area contributed by atoms with Crippen molar-refractivity contribution in [1.29, 1.82) is 0 Å². The lowest BCUT2D eigenvalue weighted by Gasteiger charge is -2.07. The highest BCUT2D eigenvalue weighted by Gasteiger charge is 2.10. The van der Waals surface area contributed by atoms with E-state index < -0.39 is 0 Å². The first-order valence-electron chi connectivity index (χ1n) is 4.96. The van der Waals surface area contributed by atoms with E-state index in [2.05, 4.69) is 10.2 Å². The molecule has 1 heterocycles. The van der Waals surface area contributed by atoms with Crippen molar-refractivity contribution in [3.63, 3.8) is 0 Å². The van der Waals surface area contributed by atoms with Gasteiger partial charge in [-0.2, -0.15) is 0 Å². The van der Waals surface area contributed by atoms with Gasteiger partial charge < -0.3 is 5.11 Å². The maximum atomic E-state index is 9.17. The minimum atomic E-state index is -0.0953. The molecule has 0 aliphatic heterocycles. The Morgan fingerprint density at radius 2 is 1.80 bits per heavy atom. The number of hydrogen-bond donors (Lipinski definition) is 1. The summed E-state index contributed by atoms with van der Waals surface area (Å²) in [6, 6.07) is 9.81. The summed E-state index contributed by atoms with van der Waals surface area (Å²) in [5.74, 6) is 1.45. The SMILES string of the molecule is CCc1nnc(CO)n1-c1ccccc1. The van der Waals surface area contributed by atoms with E-state index in [1.54, 1.807) is 0 Å². The average molecular weight is 203 g/mol. The number of rotatable bonds is 3. The average Bonchev–Trinajstić information content (AvgIpc) is 2.72. The first-order valence-corrected chi connectivity index (χ1v) is 4.96. The van der Waals surface area contributed by atoms with Crippen molar-refractivity contribution < 1.29 is 5.11 Å². The van der Waals surface area contributed by atoms with Gasteiger partial charge in [-0.1, -0.05) is 25.1 Å². The Balaban J connectivity index is 2.55. The second kappa shape index (κ2) is 4.23. The van der Waals surface area contributed by atoms with Gasteiger partial charge in [0.05, 0.1) is 0 Å². The van der Waals surface area contributed by atoms with E-state index >= 15 is 0 Å². The molecule has 0 spiro atoms. The van der Waals surface area contributed by atoms with Gasteiger partial charge >= 0.3 is 0 Å². The monoisotopic (exact) mass is 203 g/mol. The highest BCUT2D eigenvalue weighted by molar-refractivity contribution is 5.33. The standard InChI is InChI=1S/C11H13N3O/c1-2-10-12-13-11(8-15)14(10)9-6-4-3-5-7-9/h3-7,15H,2,8H2,1H3. The fraction of sp³-hybridized carbons (Fsp3) is 0.273. The minimum Gasteiger partial charge on any atom is -0.388 e. The van der Waals surface area contributed by atoms with Crippen LogP contribution in [0.3, 0.4) is 0 Å². The van der Waals surface area contributed by atoms with Crippen LogP contribution in [0.1, 0.15) is 18.6 Å². The van der Waals surface area contributed by atoms with Crippen LogP contribution in [0, 0.1) is 0 Å². The first-order chi connectivity index (χ1) is 7.36. The topological polar surface area (TPSA) is 50.9 Å². The van der Waals surface area contributed by atoms with E-state index in [4.69, 9.17) is 5.11 Å². The summed E-state index contributed by atoms with van der Waals surface area (Å²) < 4.78 is 1.89. The van der Waals surface area contributed by atoms with Crippen LogP contribution >= 0.6 is 0 Å². The van der Waals surface area contributed by atoms with Crippen LogP contribution in [0.15, 0.2) is 30.3 Å². The highest BCUT2D eigenvalue weighted by atomic mass is 16.3. The molecule has 0 aliphatic carbocycles. The fourth-order valence-electron chi connectivity index (χ4n) is 1.56. The van der Waals surface area contributed by atoms with Crippen LogP contribution in [-0.2, 0) is 13.0 Å². The van der Waals surface area contributed by atoms with Gasteiger partial charge in [0.2, 0.25) is 0 Å². The molecule has 0 fully saturated rings. The second-order valence-corrected chi connectivity index (χ2v) is 3.22. The van der Waals surface area contributed by atoms with Crippen LogP contribution in [-0.4, -0.2) is 19.9 Å². The lowest BCUT2D eigenvalue weighted by molar-refractivity contribution is 0.268. The molecule has 2 rings (SSSR count). The molecule has 0 aliphatic rings. The van der Waals surface area contributed by atoms with Gasteiger partial charge in [-0.15, -0.1) is 10.2 Å². The maximum absolute atomic E-state index is 9.17. The van der Waals surface area contributed by atoms with E-state index in [-0.39, 0.29) is 6.61 Å². The smallest absolute Gasteiger partial charge is 0.163 e. The van der Waals surface area contributed by atoms with Crippen molar-refractivity contribution >= 4 is 0 Å². The number of benzene rings is 1. The van der Waals surface area contributed by atoms with Crippen molar-refractivity contribution in [2.75, 3.05) is 0 Å². The Kier molecular flexibility index (Phi) is 2.78. The molecule has 0 bridgehead atoms. The Labute approximate surface area is 88.2 Å². The molecular formula is C11H13N3O. The molecule has 0 saturated carbocycles. The summed E-state index contributed by atoms with van der Waals surface area (Å²) >= 11 is 0. The summed E-state index contributed by atoms with van der Waals surface area (Å²) in [6.45, 7) is 1.92. The summed E-state index contributed by atoms with van der Waals surface area (Å²) in [5.41, 5.74) is 0.989. The summed E-state index contributed by atoms with van der Waals surface area (Å²) in [5, 5.41) is 17.1. The number of aliphatic hydroxyl groups is 1. The number of aromatic nitrogens is 3. The third kappa shape index (κ3) is 1.76. The van der Waals surface area contributed by atoms with Gasteiger partial charge in [0.1, 0.15) is 12.4 Å². The molecular weight excluding hydrogens is 190 g/mol. The van der Waals surface area contributed by atoms with Crippen molar-refractivity contribution in [2.24, 2.45) is 0 Å². The maximum Gasteiger partial charge on any atom is 0.163 e. The molecule has 1 aromatic heterocycles. The molecule has 0 saturated heterocycles. The molecule has 2 aromatic rings. The molecule has 0 radical (unpaired) electrons. The summed E-state index contributed by atoms with van der Waals surface area (Å²) in [7, 11) is 0. The lowest BCUT2D eigenvalue weighted by atomic mass is 10.3. The second-order valence-electron chi connectivity index (χ2n) is 3.22. The third-order valence-corrected chi connectivity index (χ3v) is 2.27. The highest BCUT2D eigenvalue weighted by Crippen LogP contribution is 2.13. The Morgan fingerprint density at radius 1 is 1.13 bits per heavy atom. The van der Waals surface area contributed by atoms with Crippen molar-refractivity contribution in [1.82, 2.24) is 14.8 Å². The van der Waals surface area contributed by atoms with E-state index in [9.17, 15) is 0 Å². The largest absolute Gasteiger partial charge is 0.388 e. The van der Waals surface area contributed by atoms with Crippen LogP contribution in [0.4, 0.5) is 0 Å². The number of nitrogens with zero attached hydrogens (tertiary/aromatic N) is 3. The quantitative estimate of drug-likeness (QED) is 0.818. The Bertz CT molecular complexity index is 415. The van der Waals surface area contributed by atoms with Crippen LogP contribution in [0.25, 0.3) is 5.69 Å². The predicted octanol–water partition coefficient (Wildman–Crippen LogP) is 1.32. The Hall–Kier alpha value is -1.68. The molecule has 0 amide bonds. The zero-order valence-electron chi connectivity index (χ0n) is 8.59. The van der Waals surface area contributed by atoms with Crippen LogP contribution in [0.2, 0.25) is 0 Å². The normalized spacial score (nSPS) is 10.5. The first kappa shape index (κ1) is 9.86. The van der Waals surface area contributed by atoms with Gasteiger partial charge in [-0.25, -0.2) is 0 Å². The molecule has 0 atom stereocenters. The van der Waals surface area contributed by atoms with Gasteiger partial charge in [0.15, 0.2) is 5.82 Å². The van der Waals surface area contributed by atoms with E-state index in [0.717, 1.165) is 17.9 Å².